The molecule has 0 spiro atoms. The van der Waals surface area contributed by atoms with Crippen molar-refractivity contribution >= 4 is 5.82 Å². The monoisotopic (exact) mass is 222 g/mol. The first-order valence-electron chi connectivity index (χ1n) is 5.52. The van der Waals surface area contributed by atoms with E-state index in [1.54, 1.807) is 0 Å². The predicted octanol–water partition coefficient (Wildman–Crippen LogP) is 2.07. The number of nitrogens with zero attached hydrogens (tertiary/aromatic N) is 1. The Morgan fingerprint density at radius 1 is 1.38 bits per heavy atom. The fraction of sp³-hybridized carbons (Fsp3) is 0.583. The number of rotatable bonds is 3. The molecular weight excluding hydrogens is 204 g/mol. The average Bonchev–Trinajstić information content (AvgIpc) is 2.09. The van der Waals surface area contributed by atoms with Gasteiger partial charge >= 0.3 is 0 Å². The number of hydrogen-bond donors (Lipinski definition) is 1. The van der Waals surface area contributed by atoms with Gasteiger partial charge in [0.1, 0.15) is 11.9 Å². The van der Waals surface area contributed by atoms with E-state index in [2.05, 4.69) is 31.1 Å². The van der Waals surface area contributed by atoms with Crippen LogP contribution in [-0.4, -0.2) is 29.8 Å². The molecule has 2 heterocycles. The molecule has 0 saturated carbocycles. The summed E-state index contributed by atoms with van der Waals surface area (Å²) in [4.78, 5) is 4.39. The first kappa shape index (κ1) is 11.2. The highest BCUT2D eigenvalue weighted by atomic mass is 16.6. The van der Waals surface area contributed by atoms with E-state index in [9.17, 15) is 0 Å². The van der Waals surface area contributed by atoms with Crippen molar-refractivity contribution in [3.05, 3.63) is 18.2 Å². The summed E-state index contributed by atoms with van der Waals surface area (Å²) in [6.45, 7) is 7.63. The molecule has 1 saturated heterocycles. The zero-order valence-electron chi connectivity index (χ0n) is 9.99. The van der Waals surface area contributed by atoms with Gasteiger partial charge < -0.3 is 14.8 Å². The lowest BCUT2D eigenvalue weighted by Crippen LogP contribution is -2.38. The number of pyridine rings is 1. The van der Waals surface area contributed by atoms with Gasteiger partial charge in [0.15, 0.2) is 0 Å². The van der Waals surface area contributed by atoms with E-state index in [0.717, 1.165) is 5.82 Å². The Balaban J connectivity index is 2.00. The van der Waals surface area contributed by atoms with Crippen LogP contribution in [0.5, 0.6) is 5.88 Å². The van der Waals surface area contributed by atoms with Gasteiger partial charge in [0.25, 0.3) is 0 Å². The normalized spacial score (nSPS) is 16.7. The van der Waals surface area contributed by atoms with Crippen molar-refractivity contribution in [1.29, 1.82) is 0 Å². The fourth-order valence-corrected chi connectivity index (χ4v) is 1.39. The Bertz CT molecular complexity index is 356. The molecule has 0 aromatic carbocycles. The van der Waals surface area contributed by atoms with Crippen molar-refractivity contribution in [2.75, 3.05) is 18.5 Å². The van der Waals surface area contributed by atoms with Crippen LogP contribution in [0.25, 0.3) is 0 Å². The summed E-state index contributed by atoms with van der Waals surface area (Å²) in [5, 5.41) is 3.31. The van der Waals surface area contributed by atoms with Crippen molar-refractivity contribution in [1.82, 2.24) is 4.98 Å². The molecule has 0 bridgehead atoms. The Morgan fingerprint density at radius 2 is 2.12 bits per heavy atom. The van der Waals surface area contributed by atoms with Gasteiger partial charge in [0.2, 0.25) is 5.88 Å². The molecule has 0 unspecified atom stereocenters. The van der Waals surface area contributed by atoms with Crippen LogP contribution in [0, 0.1) is 0 Å². The number of nitrogens with one attached hydrogen (secondary N) is 1. The third-order valence-electron chi connectivity index (χ3n) is 2.12. The first-order valence-corrected chi connectivity index (χ1v) is 5.52. The van der Waals surface area contributed by atoms with Gasteiger partial charge in [-0.3, -0.25) is 0 Å². The Labute approximate surface area is 96.0 Å². The van der Waals surface area contributed by atoms with E-state index in [1.807, 2.05) is 18.2 Å². The van der Waals surface area contributed by atoms with E-state index in [1.165, 1.54) is 0 Å². The fourth-order valence-electron chi connectivity index (χ4n) is 1.39. The molecule has 1 aromatic rings. The summed E-state index contributed by atoms with van der Waals surface area (Å²) >= 11 is 0. The highest BCUT2D eigenvalue weighted by Crippen LogP contribution is 2.18. The smallest absolute Gasteiger partial charge is 0.215 e. The summed E-state index contributed by atoms with van der Waals surface area (Å²) < 4.78 is 10.7. The molecule has 0 aliphatic carbocycles. The highest BCUT2D eigenvalue weighted by Gasteiger charge is 2.20. The molecule has 1 N–H and O–H groups in total. The van der Waals surface area contributed by atoms with E-state index < -0.39 is 0 Å². The van der Waals surface area contributed by atoms with Crippen molar-refractivity contribution in [2.24, 2.45) is 0 Å². The van der Waals surface area contributed by atoms with Crippen LogP contribution in [0.15, 0.2) is 18.2 Å². The van der Waals surface area contributed by atoms with Gasteiger partial charge in [0, 0.05) is 11.6 Å². The molecule has 1 aliphatic heterocycles. The lowest BCUT2D eigenvalue weighted by atomic mass is 10.1. The zero-order valence-corrected chi connectivity index (χ0v) is 9.99. The van der Waals surface area contributed by atoms with Gasteiger partial charge in [-0.25, -0.2) is 0 Å². The van der Waals surface area contributed by atoms with Gasteiger partial charge in [-0.15, -0.1) is 0 Å². The number of anilines is 1. The first-order chi connectivity index (χ1) is 7.53. The predicted molar refractivity (Wildman–Crippen MR) is 62.8 cm³/mol. The molecule has 0 radical (unpaired) electrons. The second-order valence-electron chi connectivity index (χ2n) is 5.01. The van der Waals surface area contributed by atoms with Gasteiger partial charge in [-0.05, 0) is 26.8 Å². The van der Waals surface area contributed by atoms with E-state index in [-0.39, 0.29) is 11.6 Å². The number of aromatic nitrogens is 1. The topological polar surface area (TPSA) is 43.4 Å². The molecule has 16 heavy (non-hydrogen) atoms. The minimum absolute atomic E-state index is 0.00516. The Morgan fingerprint density at radius 3 is 2.69 bits per heavy atom. The maximum absolute atomic E-state index is 5.63. The summed E-state index contributed by atoms with van der Waals surface area (Å²) in [5.41, 5.74) is 0.00516. The Hall–Kier alpha value is -1.29. The molecule has 0 amide bonds. The third kappa shape index (κ3) is 3.10. The van der Waals surface area contributed by atoms with E-state index >= 15 is 0 Å². The quantitative estimate of drug-likeness (QED) is 0.850. The second-order valence-corrected chi connectivity index (χ2v) is 5.01. The van der Waals surface area contributed by atoms with Crippen LogP contribution in [-0.2, 0) is 4.74 Å². The molecule has 4 heteroatoms. The highest BCUT2D eigenvalue weighted by molar-refractivity contribution is 5.39. The zero-order chi connectivity index (χ0) is 11.6. The van der Waals surface area contributed by atoms with Gasteiger partial charge in [0.05, 0.1) is 13.2 Å². The molecule has 0 atom stereocenters. The van der Waals surface area contributed by atoms with Crippen molar-refractivity contribution in [3.8, 4) is 5.88 Å². The van der Waals surface area contributed by atoms with Crippen LogP contribution in [0.1, 0.15) is 20.8 Å². The summed E-state index contributed by atoms with van der Waals surface area (Å²) in [6.07, 6.45) is 0.164. The van der Waals surface area contributed by atoms with Crippen molar-refractivity contribution < 1.29 is 9.47 Å². The van der Waals surface area contributed by atoms with E-state index in [4.69, 9.17) is 9.47 Å². The number of ether oxygens (including phenoxy) is 2. The summed E-state index contributed by atoms with van der Waals surface area (Å²) in [6, 6.07) is 5.75. The third-order valence-corrected chi connectivity index (χ3v) is 2.12. The van der Waals surface area contributed by atoms with Crippen LogP contribution >= 0.6 is 0 Å². The lowest BCUT2D eigenvalue weighted by Gasteiger charge is -2.26. The van der Waals surface area contributed by atoms with Crippen molar-refractivity contribution in [3.63, 3.8) is 0 Å². The van der Waals surface area contributed by atoms with Crippen LogP contribution in [0.4, 0.5) is 5.82 Å². The molecule has 1 aromatic heterocycles. The standard InChI is InChI=1S/C12H18N2O2/c1-12(2,3)14-10-5-4-6-11(13-10)16-9-7-15-8-9/h4-6,9H,7-8H2,1-3H3,(H,13,14). The van der Waals surface area contributed by atoms with Crippen LogP contribution in [0.3, 0.4) is 0 Å². The number of hydrogen-bond acceptors (Lipinski definition) is 4. The average molecular weight is 222 g/mol. The van der Waals surface area contributed by atoms with Crippen LogP contribution in [0.2, 0.25) is 0 Å². The summed E-state index contributed by atoms with van der Waals surface area (Å²) in [7, 11) is 0. The lowest BCUT2D eigenvalue weighted by molar-refractivity contribution is -0.0812. The van der Waals surface area contributed by atoms with Crippen molar-refractivity contribution in [2.45, 2.75) is 32.4 Å². The van der Waals surface area contributed by atoms with Crippen LogP contribution < -0.4 is 10.1 Å². The molecule has 2 rings (SSSR count). The summed E-state index contributed by atoms with van der Waals surface area (Å²) in [5.74, 6) is 1.49. The maximum Gasteiger partial charge on any atom is 0.215 e. The largest absolute Gasteiger partial charge is 0.469 e. The molecular formula is C12H18N2O2. The minimum Gasteiger partial charge on any atom is -0.469 e. The van der Waals surface area contributed by atoms with E-state index in [0.29, 0.717) is 19.1 Å². The van der Waals surface area contributed by atoms with Gasteiger partial charge in [-0.1, -0.05) is 6.07 Å². The maximum atomic E-state index is 5.63. The SMILES string of the molecule is CC(C)(C)Nc1cccc(OC2COC2)n1. The minimum atomic E-state index is 0.00516. The molecule has 4 nitrogen and oxygen atoms in total. The molecule has 1 fully saturated rings. The second kappa shape index (κ2) is 4.29. The van der Waals surface area contributed by atoms with Gasteiger partial charge in [-0.2, -0.15) is 4.98 Å². The Kier molecular flexibility index (Phi) is 3.01. The molecule has 88 valence electrons. The molecule has 1 aliphatic rings.